The van der Waals surface area contributed by atoms with E-state index in [9.17, 15) is 29.4 Å². The molecule has 3 aromatic rings. The Morgan fingerprint density at radius 1 is 1.30 bits per heavy atom. The molecule has 0 fully saturated rings. The fourth-order valence-corrected chi connectivity index (χ4v) is 5.02. The van der Waals surface area contributed by atoms with E-state index in [0.717, 1.165) is 0 Å². The average molecular weight is 454 g/mol. The number of cyclic esters (lactones) is 1. The molecule has 0 unspecified atom stereocenters. The van der Waals surface area contributed by atoms with Gasteiger partial charge in [0.15, 0.2) is 5.60 Å². The molecule has 1 aromatic carbocycles. The Balaban J connectivity index is 1.80. The lowest BCUT2D eigenvalue weighted by Crippen LogP contribution is -2.44. The van der Waals surface area contributed by atoms with E-state index in [1.807, 2.05) is 0 Å². The van der Waals surface area contributed by atoms with Gasteiger partial charge in [-0.3, -0.25) is 9.36 Å². The first-order valence-electron chi connectivity index (χ1n) is 10.9. The number of aliphatic hydroxyl groups is 2. The Morgan fingerprint density at radius 3 is 2.76 bits per heavy atom. The van der Waals surface area contributed by atoms with E-state index in [-0.39, 0.29) is 54.2 Å². The average Bonchev–Trinajstić information content (AvgIpc) is 3.17. The summed E-state index contributed by atoms with van der Waals surface area (Å²) in [6, 6.07) is 4.47. The molecule has 2 N–H and O–H groups in total. The zero-order valence-electron chi connectivity index (χ0n) is 18.3. The SMILES string of the molecule is CC[C@@]1(O)C(=O)OCc2c1cc1n(c2=O)Cc2cc3c(CCCO)c(C)c(F)cc3[n+]([O-])c2-1. The molecule has 0 aliphatic carbocycles. The number of carbonyl (C=O) groups excluding carboxylic acids is 1. The first-order valence-corrected chi connectivity index (χ1v) is 10.9. The number of nitrogens with zero attached hydrogens (tertiary/aromatic N) is 2. The molecule has 33 heavy (non-hydrogen) atoms. The number of hydrogen-bond acceptors (Lipinski definition) is 6. The van der Waals surface area contributed by atoms with Crippen LogP contribution in [-0.4, -0.2) is 27.4 Å². The summed E-state index contributed by atoms with van der Waals surface area (Å²) in [5.41, 5.74) is 0.139. The number of aryl methyl sites for hydroxylation is 1. The maximum Gasteiger partial charge on any atom is 0.343 e. The lowest BCUT2D eigenvalue weighted by atomic mass is 9.86. The largest absolute Gasteiger partial charge is 0.618 e. The van der Waals surface area contributed by atoms with Gasteiger partial charge in [0.05, 0.1) is 17.5 Å². The molecule has 172 valence electrons. The van der Waals surface area contributed by atoms with Crippen LogP contribution in [0.4, 0.5) is 4.39 Å². The van der Waals surface area contributed by atoms with Crippen LogP contribution in [0.5, 0.6) is 0 Å². The Labute approximate surface area is 188 Å². The summed E-state index contributed by atoms with van der Waals surface area (Å²) in [6.07, 6.45) is 0.827. The van der Waals surface area contributed by atoms with Gasteiger partial charge in [-0.2, -0.15) is 4.73 Å². The molecule has 9 heteroatoms. The van der Waals surface area contributed by atoms with Gasteiger partial charge in [-0.15, -0.1) is 0 Å². The second kappa shape index (κ2) is 7.36. The van der Waals surface area contributed by atoms with Crippen LogP contribution >= 0.6 is 0 Å². The highest BCUT2D eigenvalue weighted by atomic mass is 19.1. The first-order chi connectivity index (χ1) is 15.7. The van der Waals surface area contributed by atoms with Crippen molar-refractivity contribution in [3.8, 4) is 11.4 Å². The second-order valence-corrected chi connectivity index (χ2v) is 8.64. The maximum absolute atomic E-state index is 14.7. The van der Waals surface area contributed by atoms with Gasteiger partial charge in [-0.1, -0.05) is 6.92 Å². The van der Waals surface area contributed by atoms with Gasteiger partial charge in [-0.05, 0) is 49.4 Å². The van der Waals surface area contributed by atoms with Crippen LogP contribution in [0.2, 0.25) is 0 Å². The van der Waals surface area contributed by atoms with E-state index in [1.54, 1.807) is 19.9 Å². The molecular weight excluding hydrogens is 431 g/mol. The van der Waals surface area contributed by atoms with Crippen molar-refractivity contribution < 1.29 is 28.9 Å². The van der Waals surface area contributed by atoms with Crippen molar-refractivity contribution >= 4 is 16.9 Å². The van der Waals surface area contributed by atoms with Crippen LogP contribution in [0.25, 0.3) is 22.3 Å². The van der Waals surface area contributed by atoms with Crippen LogP contribution in [0.15, 0.2) is 23.0 Å². The molecule has 2 aliphatic rings. The third-order valence-corrected chi connectivity index (χ3v) is 6.92. The molecule has 4 heterocycles. The molecule has 1 atom stereocenters. The molecule has 0 amide bonds. The van der Waals surface area contributed by atoms with Crippen LogP contribution in [0.1, 0.15) is 47.6 Å². The first kappa shape index (κ1) is 21.5. The van der Waals surface area contributed by atoms with Gasteiger partial charge in [0.1, 0.15) is 18.1 Å². The molecule has 2 aromatic heterocycles. The van der Waals surface area contributed by atoms with Crippen molar-refractivity contribution in [2.75, 3.05) is 6.61 Å². The molecule has 0 radical (unpaired) electrons. The summed E-state index contributed by atoms with van der Waals surface area (Å²) >= 11 is 0. The van der Waals surface area contributed by atoms with E-state index in [4.69, 9.17) is 4.74 Å². The molecule has 5 rings (SSSR count). The smallest absolute Gasteiger partial charge is 0.343 e. The van der Waals surface area contributed by atoms with Crippen molar-refractivity contribution in [1.29, 1.82) is 0 Å². The Morgan fingerprint density at radius 2 is 2.06 bits per heavy atom. The van der Waals surface area contributed by atoms with Crippen LogP contribution in [-0.2, 0) is 34.7 Å². The van der Waals surface area contributed by atoms with E-state index in [1.165, 1.54) is 16.7 Å². The lowest BCUT2D eigenvalue weighted by Gasteiger charge is -2.31. The summed E-state index contributed by atoms with van der Waals surface area (Å²) in [4.78, 5) is 25.6. The van der Waals surface area contributed by atoms with Gasteiger partial charge >= 0.3 is 5.97 Å². The fraction of sp³-hybridized carbons (Fsp3) is 0.375. The number of carbonyl (C=O) groups is 1. The van der Waals surface area contributed by atoms with Crippen LogP contribution < -0.4 is 10.3 Å². The summed E-state index contributed by atoms with van der Waals surface area (Å²) in [6.45, 7) is 3.06. The molecule has 0 saturated heterocycles. The highest BCUT2D eigenvalue weighted by molar-refractivity contribution is 5.86. The number of esters is 1. The molecule has 0 spiro atoms. The predicted molar refractivity (Wildman–Crippen MR) is 116 cm³/mol. The minimum Gasteiger partial charge on any atom is -0.618 e. The van der Waals surface area contributed by atoms with E-state index in [0.29, 0.717) is 39.6 Å². The summed E-state index contributed by atoms with van der Waals surface area (Å²) in [5, 5.41) is 34.3. The van der Waals surface area contributed by atoms with Gasteiger partial charge in [0, 0.05) is 23.8 Å². The Bertz CT molecular complexity index is 1410. The predicted octanol–water partition coefficient (Wildman–Crippen LogP) is 1.69. The van der Waals surface area contributed by atoms with E-state index >= 15 is 0 Å². The number of halogens is 1. The van der Waals surface area contributed by atoms with Crippen molar-refractivity contribution in [2.24, 2.45) is 0 Å². The topological polar surface area (TPSA) is 116 Å². The maximum atomic E-state index is 14.7. The van der Waals surface area contributed by atoms with Crippen molar-refractivity contribution in [1.82, 2.24) is 4.57 Å². The zero-order valence-corrected chi connectivity index (χ0v) is 18.3. The van der Waals surface area contributed by atoms with E-state index < -0.39 is 22.9 Å². The molecule has 8 nitrogen and oxygen atoms in total. The number of rotatable bonds is 4. The van der Waals surface area contributed by atoms with Crippen molar-refractivity contribution in [3.63, 3.8) is 0 Å². The van der Waals surface area contributed by atoms with Crippen molar-refractivity contribution in [3.05, 3.63) is 67.4 Å². The molecule has 0 saturated carbocycles. The molecular formula is C24H23FN2O6. The third kappa shape index (κ3) is 2.85. The number of hydrogen-bond donors (Lipinski definition) is 2. The minimum absolute atomic E-state index is 0.00237. The number of ether oxygens (including phenoxy) is 1. The highest BCUT2D eigenvalue weighted by Crippen LogP contribution is 2.38. The van der Waals surface area contributed by atoms with Crippen LogP contribution in [0.3, 0.4) is 0 Å². The number of aromatic nitrogens is 2. The highest BCUT2D eigenvalue weighted by Gasteiger charge is 2.46. The van der Waals surface area contributed by atoms with Gasteiger partial charge in [-0.25, -0.2) is 9.18 Å². The van der Waals surface area contributed by atoms with Gasteiger partial charge in [0.2, 0.25) is 11.2 Å². The van der Waals surface area contributed by atoms with E-state index in [2.05, 4.69) is 0 Å². The minimum atomic E-state index is -1.98. The summed E-state index contributed by atoms with van der Waals surface area (Å²) < 4.78 is 21.8. The normalized spacial score (nSPS) is 18.8. The fourth-order valence-electron chi connectivity index (χ4n) is 5.02. The standard InChI is InChI=1S/C24H23FN2O6/c1-3-24(31)17-8-20-21-13(10-26(20)22(29)16(17)11-33-23(24)30)7-15-14(5-4-6-28)12(2)18(25)9-19(15)27(21)32/h7-9,28,31H,3-6,10-11H2,1-2H3/t24-/m0/s1. The summed E-state index contributed by atoms with van der Waals surface area (Å²) in [5.74, 6) is -1.36. The van der Waals surface area contributed by atoms with Crippen molar-refractivity contribution in [2.45, 2.75) is 51.9 Å². The van der Waals surface area contributed by atoms with Gasteiger partial charge < -0.3 is 20.2 Å². The third-order valence-electron chi connectivity index (χ3n) is 6.92. The number of aliphatic hydroxyl groups excluding tert-OH is 1. The summed E-state index contributed by atoms with van der Waals surface area (Å²) in [7, 11) is 0. The van der Waals surface area contributed by atoms with Crippen LogP contribution in [0, 0.1) is 17.9 Å². The molecule has 0 bridgehead atoms. The Kier molecular flexibility index (Phi) is 4.80. The quantitative estimate of drug-likeness (QED) is 0.276. The van der Waals surface area contributed by atoms with Gasteiger partial charge in [0.25, 0.3) is 5.56 Å². The number of pyridine rings is 2. The Hall–Kier alpha value is -3.30. The number of fused-ring (bicyclic) bond motifs is 5. The zero-order chi connectivity index (χ0) is 23.7. The number of benzene rings is 1. The molecule has 2 aliphatic heterocycles. The second-order valence-electron chi connectivity index (χ2n) is 8.64. The lowest BCUT2D eigenvalue weighted by molar-refractivity contribution is -0.565. The monoisotopic (exact) mass is 454 g/mol.